The van der Waals surface area contributed by atoms with E-state index in [1.54, 1.807) is 11.8 Å². The van der Waals surface area contributed by atoms with Gasteiger partial charge >= 0.3 is 0 Å². The summed E-state index contributed by atoms with van der Waals surface area (Å²) < 4.78 is 12.0. The lowest BCUT2D eigenvalue weighted by molar-refractivity contribution is -0.0264. The largest absolute Gasteiger partial charge is 0.544 e. The highest BCUT2D eigenvalue weighted by molar-refractivity contribution is 7.99. The molecule has 6 heteroatoms. The Morgan fingerprint density at radius 3 is 2.00 bits per heavy atom. The van der Waals surface area contributed by atoms with Crippen LogP contribution in [0.1, 0.15) is 63.2 Å². The van der Waals surface area contributed by atoms with Gasteiger partial charge in [-0.05, 0) is 67.4 Å². The van der Waals surface area contributed by atoms with E-state index in [9.17, 15) is 4.79 Å². The molecule has 0 unspecified atom stereocenters. The first-order valence-corrected chi connectivity index (χ1v) is 16.8. The third kappa shape index (κ3) is 6.04. The van der Waals surface area contributed by atoms with E-state index in [2.05, 4.69) is 75.2 Å². The number of carbonyl (C=O) groups is 1. The summed E-state index contributed by atoms with van der Waals surface area (Å²) in [7, 11) is -1.84. The normalized spacial score (nSPS) is 19.3. The molecule has 0 atom stereocenters. The molecule has 35 heavy (non-hydrogen) atoms. The van der Waals surface area contributed by atoms with Crippen molar-refractivity contribution in [3.05, 3.63) is 54.1 Å². The number of carbonyl (C=O) groups excluding carboxylic acids is 1. The quantitative estimate of drug-likeness (QED) is 0.285. The predicted octanol–water partition coefficient (Wildman–Crippen LogP) is 7.44. The van der Waals surface area contributed by atoms with Crippen molar-refractivity contribution in [3.63, 3.8) is 0 Å². The second-order valence-corrected chi connectivity index (χ2v) is 17.4. The van der Waals surface area contributed by atoms with Gasteiger partial charge in [-0.15, -0.1) is 0 Å². The van der Waals surface area contributed by atoms with Crippen molar-refractivity contribution in [1.82, 2.24) is 4.90 Å². The summed E-state index contributed by atoms with van der Waals surface area (Å²) in [5.41, 5.74) is 0.484. The molecule has 0 aromatic heterocycles. The van der Waals surface area contributed by atoms with Crippen LogP contribution < -0.4 is 4.43 Å². The molecule has 0 amide bonds. The van der Waals surface area contributed by atoms with Crippen molar-refractivity contribution >= 4 is 25.9 Å². The number of benzene rings is 2. The van der Waals surface area contributed by atoms with Gasteiger partial charge in [0, 0.05) is 28.4 Å². The highest BCUT2D eigenvalue weighted by atomic mass is 32.2. The SMILES string of the molecule is CC(C)(C)[Si](C)(C)Oc1ccc(Sc2ccc(C(=O)C3(N4CCOCC4)CCCCC3)cc2)cc1. The Morgan fingerprint density at radius 2 is 1.46 bits per heavy atom. The molecule has 2 aliphatic rings. The van der Waals surface area contributed by atoms with Crippen LogP contribution >= 0.6 is 11.8 Å². The highest BCUT2D eigenvalue weighted by Crippen LogP contribution is 2.39. The number of hydrogen-bond donors (Lipinski definition) is 0. The van der Waals surface area contributed by atoms with Gasteiger partial charge < -0.3 is 9.16 Å². The van der Waals surface area contributed by atoms with Crippen LogP contribution in [0.2, 0.25) is 18.1 Å². The average Bonchev–Trinajstić information content (AvgIpc) is 2.85. The van der Waals surface area contributed by atoms with Crippen molar-refractivity contribution in [2.24, 2.45) is 0 Å². The summed E-state index contributed by atoms with van der Waals surface area (Å²) in [6, 6.07) is 16.6. The van der Waals surface area contributed by atoms with E-state index in [4.69, 9.17) is 9.16 Å². The minimum absolute atomic E-state index is 0.178. The molecule has 2 aromatic rings. The van der Waals surface area contributed by atoms with Gasteiger partial charge in [0.1, 0.15) is 5.75 Å². The van der Waals surface area contributed by atoms with E-state index in [-0.39, 0.29) is 10.6 Å². The van der Waals surface area contributed by atoms with E-state index < -0.39 is 8.32 Å². The summed E-state index contributed by atoms with van der Waals surface area (Å²) in [4.78, 5) is 18.5. The zero-order chi connectivity index (χ0) is 25.1. The van der Waals surface area contributed by atoms with Crippen LogP contribution in [0.15, 0.2) is 58.3 Å². The molecule has 0 bridgehead atoms. The number of hydrogen-bond acceptors (Lipinski definition) is 5. The smallest absolute Gasteiger partial charge is 0.250 e. The first-order chi connectivity index (χ1) is 16.6. The van der Waals surface area contributed by atoms with Crippen LogP contribution in [0, 0.1) is 0 Å². The Balaban J connectivity index is 1.43. The summed E-state index contributed by atoms with van der Waals surface area (Å²) in [5, 5.41) is 0.178. The fourth-order valence-electron chi connectivity index (χ4n) is 4.92. The summed E-state index contributed by atoms with van der Waals surface area (Å²) in [6.45, 7) is 14.5. The Morgan fingerprint density at radius 1 is 0.914 bits per heavy atom. The zero-order valence-corrected chi connectivity index (χ0v) is 23.9. The third-order valence-corrected chi connectivity index (χ3v) is 13.4. The molecule has 190 valence electrons. The Labute approximate surface area is 216 Å². The van der Waals surface area contributed by atoms with Gasteiger partial charge in [-0.3, -0.25) is 9.69 Å². The molecule has 2 fully saturated rings. The van der Waals surface area contributed by atoms with Crippen LogP contribution in [-0.2, 0) is 4.74 Å². The van der Waals surface area contributed by atoms with Crippen LogP contribution in [0.4, 0.5) is 0 Å². The van der Waals surface area contributed by atoms with Crippen LogP contribution in [0.25, 0.3) is 0 Å². The van der Waals surface area contributed by atoms with Gasteiger partial charge in [0.05, 0.1) is 18.8 Å². The second-order valence-electron chi connectivity index (χ2n) is 11.5. The zero-order valence-electron chi connectivity index (χ0n) is 22.1. The molecule has 1 aliphatic carbocycles. The number of ketones is 1. The number of ether oxygens (including phenoxy) is 1. The Hall–Kier alpha value is -1.60. The lowest BCUT2D eigenvalue weighted by atomic mass is 9.75. The molecule has 1 saturated heterocycles. The van der Waals surface area contributed by atoms with Crippen LogP contribution in [0.3, 0.4) is 0 Å². The molecule has 1 heterocycles. The van der Waals surface area contributed by atoms with Crippen molar-refractivity contribution < 1.29 is 14.0 Å². The van der Waals surface area contributed by atoms with Crippen molar-refractivity contribution in [2.75, 3.05) is 26.3 Å². The lowest BCUT2D eigenvalue weighted by Gasteiger charge is -2.46. The fraction of sp³-hybridized carbons (Fsp3) is 0.552. The van der Waals surface area contributed by atoms with Gasteiger partial charge in [0.15, 0.2) is 5.78 Å². The Kier molecular flexibility index (Phi) is 8.16. The average molecular weight is 512 g/mol. The second kappa shape index (κ2) is 10.8. The maximum atomic E-state index is 13.8. The van der Waals surface area contributed by atoms with Gasteiger partial charge in [0.2, 0.25) is 8.32 Å². The van der Waals surface area contributed by atoms with Gasteiger partial charge in [0.25, 0.3) is 0 Å². The van der Waals surface area contributed by atoms with E-state index >= 15 is 0 Å². The molecular weight excluding hydrogens is 470 g/mol. The number of morpholine rings is 1. The molecule has 4 rings (SSSR count). The summed E-state index contributed by atoms with van der Waals surface area (Å²) in [6.07, 6.45) is 5.42. The first-order valence-electron chi connectivity index (χ1n) is 13.1. The minimum Gasteiger partial charge on any atom is -0.544 e. The lowest BCUT2D eigenvalue weighted by Crippen LogP contribution is -2.59. The predicted molar refractivity (Wildman–Crippen MR) is 147 cm³/mol. The van der Waals surface area contributed by atoms with Crippen molar-refractivity contribution in [1.29, 1.82) is 0 Å². The third-order valence-electron chi connectivity index (χ3n) is 8.07. The molecule has 2 aromatic carbocycles. The molecule has 0 radical (unpaired) electrons. The van der Waals surface area contributed by atoms with Crippen molar-refractivity contribution in [3.8, 4) is 5.75 Å². The topological polar surface area (TPSA) is 38.8 Å². The maximum absolute atomic E-state index is 13.8. The number of Topliss-reactive ketones (excluding diaryl/α,β-unsaturated/α-hetero) is 1. The van der Waals surface area contributed by atoms with E-state index in [0.717, 1.165) is 68.2 Å². The van der Waals surface area contributed by atoms with E-state index in [1.165, 1.54) is 11.3 Å². The molecular formula is C29H41NO3SSi. The molecule has 1 saturated carbocycles. The monoisotopic (exact) mass is 511 g/mol. The first kappa shape index (κ1) is 26.5. The molecule has 0 spiro atoms. The van der Waals surface area contributed by atoms with Crippen LogP contribution in [-0.4, -0.2) is 50.8 Å². The number of nitrogens with zero attached hydrogens (tertiary/aromatic N) is 1. The van der Waals surface area contributed by atoms with Gasteiger partial charge in [-0.1, -0.05) is 63.9 Å². The van der Waals surface area contributed by atoms with Gasteiger partial charge in [-0.25, -0.2) is 0 Å². The fourth-order valence-corrected chi connectivity index (χ4v) is 6.77. The summed E-state index contributed by atoms with van der Waals surface area (Å²) >= 11 is 1.72. The van der Waals surface area contributed by atoms with E-state index in [0.29, 0.717) is 5.78 Å². The van der Waals surface area contributed by atoms with Crippen LogP contribution in [0.5, 0.6) is 5.75 Å². The van der Waals surface area contributed by atoms with E-state index in [1.807, 2.05) is 12.1 Å². The molecule has 0 N–H and O–H groups in total. The standard InChI is InChI=1S/C29H41NO3SSi/c1-28(2,3)35(4,5)33-24-11-15-26(16-12-24)34-25-13-9-23(10-14-25)27(31)29(17-7-6-8-18-29)30-19-21-32-22-20-30/h9-16H,6-8,17-22H2,1-5H3. The molecule has 1 aliphatic heterocycles. The maximum Gasteiger partial charge on any atom is 0.250 e. The van der Waals surface area contributed by atoms with Crippen molar-refractivity contribution in [2.45, 2.75) is 86.3 Å². The highest BCUT2D eigenvalue weighted by Gasteiger charge is 2.45. The minimum atomic E-state index is -1.84. The molecule has 4 nitrogen and oxygen atoms in total. The van der Waals surface area contributed by atoms with Gasteiger partial charge in [-0.2, -0.15) is 0 Å². The summed E-state index contributed by atoms with van der Waals surface area (Å²) in [5.74, 6) is 1.24. The number of rotatable bonds is 7. The Bertz CT molecular complexity index is 986.